The molecule has 0 fully saturated rings. The smallest absolute Gasteiger partial charge is 0.355 e. The zero-order chi connectivity index (χ0) is 31.1. The van der Waals surface area contributed by atoms with Crippen LogP contribution in [0.25, 0.3) is 32.8 Å². The Morgan fingerprint density at radius 2 is 1.76 bits per heavy atom. The Morgan fingerprint density at radius 1 is 1.00 bits per heavy atom. The van der Waals surface area contributed by atoms with Gasteiger partial charge in [0, 0.05) is 36.9 Å². The van der Waals surface area contributed by atoms with Crippen molar-refractivity contribution in [3.05, 3.63) is 83.3 Å². The van der Waals surface area contributed by atoms with Gasteiger partial charge in [-0.2, -0.15) is 5.10 Å². The second-order valence-electron chi connectivity index (χ2n) is 11.2. The number of esters is 1. The van der Waals surface area contributed by atoms with E-state index < -0.39 is 0 Å². The number of benzene rings is 3. The molecule has 0 unspecified atom stereocenters. The summed E-state index contributed by atoms with van der Waals surface area (Å²) in [6.07, 6.45) is 4.51. The summed E-state index contributed by atoms with van der Waals surface area (Å²) < 4.78 is 16.0. The standard InChI is InChI=1S/C36H43ClN4O3.ClH.H2/c1-5-43-36(42)35-29(19-13-23-44-32-20-11-15-26-14-7-8-16-27(26)32)28-17-12-18-30(33-25(2)39-40(4)31(33)24-37)34(28)41(35)22-10-6-9-21-38-3;;/h7-8,11-12,14-18,20,38H,5-6,9-10,13,19,21-24H2,1-4H3;2*1H. The number of unbranched alkanes of at least 4 members (excludes halogenated alkanes) is 2. The van der Waals surface area contributed by atoms with E-state index in [1.807, 2.05) is 56.9 Å². The van der Waals surface area contributed by atoms with Gasteiger partial charge in [0.25, 0.3) is 0 Å². The molecule has 0 atom stereocenters. The van der Waals surface area contributed by atoms with Gasteiger partial charge in [-0.25, -0.2) is 4.79 Å². The Hall–Kier alpha value is -3.52. The van der Waals surface area contributed by atoms with Crippen molar-refractivity contribution in [3.8, 4) is 16.9 Å². The van der Waals surface area contributed by atoms with Crippen LogP contribution >= 0.6 is 24.0 Å². The molecule has 45 heavy (non-hydrogen) atoms. The highest BCUT2D eigenvalue weighted by molar-refractivity contribution is 6.17. The predicted molar refractivity (Wildman–Crippen MR) is 189 cm³/mol. The average Bonchev–Trinajstić information content (AvgIpc) is 3.51. The molecule has 0 aliphatic heterocycles. The summed E-state index contributed by atoms with van der Waals surface area (Å²) in [6.45, 7) is 6.41. The van der Waals surface area contributed by atoms with Crippen LogP contribution < -0.4 is 10.1 Å². The van der Waals surface area contributed by atoms with Gasteiger partial charge in [-0.1, -0.05) is 61.0 Å². The normalized spacial score (nSPS) is 11.2. The average molecular weight is 654 g/mol. The number of ether oxygens (including phenoxy) is 2. The van der Waals surface area contributed by atoms with E-state index >= 15 is 0 Å². The number of rotatable bonds is 15. The zero-order valence-corrected chi connectivity index (χ0v) is 28.3. The van der Waals surface area contributed by atoms with Crippen molar-refractivity contribution in [1.82, 2.24) is 19.7 Å². The van der Waals surface area contributed by atoms with E-state index in [0.29, 0.717) is 37.8 Å². The van der Waals surface area contributed by atoms with E-state index in [-0.39, 0.29) is 19.8 Å². The summed E-state index contributed by atoms with van der Waals surface area (Å²) in [5.41, 5.74) is 6.64. The molecule has 0 saturated heterocycles. The quantitative estimate of drug-likeness (QED) is 0.0697. The summed E-state index contributed by atoms with van der Waals surface area (Å²) in [7, 11) is 3.91. The molecule has 1 N–H and O–H groups in total. The molecule has 0 saturated carbocycles. The van der Waals surface area contributed by atoms with Crippen LogP contribution in [-0.2, 0) is 30.6 Å². The highest BCUT2D eigenvalue weighted by Gasteiger charge is 2.27. The van der Waals surface area contributed by atoms with Crippen LogP contribution in [-0.4, -0.2) is 47.1 Å². The van der Waals surface area contributed by atoms with Crippen LogP contribution in [0.15, 0.2) is 60.7 Å². The number of para-hydroxylation sites is 1. The number of hydrogen-bond donors (Lipinski definition) is 1. The third kappa shape index (κ3) is 7.32. The lowest BCUT2D eigenvalue weighted by Crippen LogP contribution is -2.15. The molecule has 0 aliphatic carbocycles. The lowest BCUT2D eigenvalue weighted by atomic mass is 9.98. The molecule has 0 amide bonds. The minimum absolute atomic E-state index is 0. The molecule has 3 aromatic carbocycles. The number of nitrogens with one attached hydrogen (secondary N) is 1. The first-order chi connectivity index (χ1) is 21.5. The fourth-order valence-corrected chi connectivity index (χ4v) is 6.61. The van der Waals surface area contributed by atoms with E-state index in [1.165, 1.54) is 0 Å². The van der Waals surface area contributed by atoms with Crippen LogP contribution in [0.3, 0.4) is 0 Å². The third-order valence-corrected chi connectivity index (χ3v) is 8.53. The van der Waals surface area contributed by atoms with Gasteiger partial charge in [-0.3, -0.25) is 4.68 Å². The first kappa shape index (κ1) is 34.4. The largest absolute Gasteiger partial charge is 0.493 e. The molecule has 0 radical (unpaired) electrons. The maximum Gasteiger partial charge on any atom is 0.355 e. The number of halogens is 2. The number of carbonyl (C=O) groups excluding carboxylic acids is 1. The van der Waals surface area contributed by atoms with Crippen molar-refractivity contribution in [2.24, 2.45) is 7.05 Å². The first-order valence-electron chi connectivity index (χ1n) is 15.6. The maximum absolute atomic E-state index is 13.7. The molecule has 2 heterocycles. The second kappa shape index (κ2) is 16.2. The Kier molecular flexibility index (Phi) is 12.3. The summed E-state index contributed by atoms with van der Waals surface area (Å²) in [5, 5.41) is 11.3. The summed E-state index contributed by atoms with van der Waals surface area (Å²) in [4.78, 5) is 13.7. The van der Waals surface area contributed by atoms with Gasteiger partial charge >= 0.3 is 5.97 Å². The molecular formula is C36H46Cl2N4O3. The fraction of sp³-hybridized carbons (Fsp3) is 0.389. The van der Waals surface area contributed by atoms with E-state index in [2.05, 4.69) is 46.3 Å². The van der Waals surface area contributed by atoms with Gasteiger partial charge in [0.05, 0.1) is 36.0 Å². The molecule has 2 aromatic heterocycles. The van der Waals surface area contributed by atoms with Gasteiger partial charge in [0.15, 0.2) is 0 Å². The summed E-state index contributed by atoms with van der Waals surface area (Å²) in [6, 6.07) is 20.7. The minimum atomic E-state index is -0.282. The maximum atomic E-state index is 13.7. The van der Waals surface area contributed by atoms with Crippen molar-refractivity contribution < 1.29 is 15.7 Å². The Morgan fingerprint density at radius 3 is 2.53 bits per heavy atom. The Labute approximate surface area is 278 Å². The Bertz CT molecular complexity index is 1750. The first-order valence-corrected chi connectivity index (χ1v) is 16.2. The van der Waals surface area contributed by atoms with Crippen molar-refractivity contribution in [2.75, 3.05) is 26.8 Å². The van der Waals surface area contributed by atoms with Crippen LogP contribution in [0, 0.1) is 6.92 Å². The van der Waals surface area contributed by atoms with Crippen molar-refractivity contribution in [3.63, 3.8) is 0 Å². The minimum Gasteiger partial charge on any atom is -0.493 e. The lowest BCUT2D eigenvalue weighted by Gasteiger charge is -2.14. The number of carbonyl (C=O) groups is 1. The molecule has 7 nitrogen and oxygen atoms in total. The summed E-state index contributed by atoms with van der Waals surface area (Å²) >= 11 is 6.46. The van der Waals surface area contributed by atoms with Gasteiger partial charge < -0.3 is 19.4 Å². The SMILES string of the molecule is CCOC(=O)c1c(CCCOc2cccc3ccccc23)c2cccc(-c3c(C)nn(C)c3CCl)c2n1CCCCCNC.Cl.[HH]. The highest BCUT2D eigenvalue weighted by Crippen LogP contribution is 2.39. The monoisotopic (exact) mass is 652 g/mol. The van der Waals surface area contributed by atoms with E-state index in [4.69, 9.17) is 26.2 Å². The fourth-order valence-electron chi connectivity index (χ4n) is 6.30. The van der Waals surface area contributed by atoms with Gasteiger partial charge in [0.1, 0.15) is 11.4 Å². The zero-order valence-electron chi connectivity index (χ0n) is 26.7. The van der Waals surface area contributed by atoms with Crippen LogP contribution in [0.5, 0.6) is 5.75 Å². The number of aromatic nitrogens is 3. The second-order valence-corrected chi connectivity index (χ2v) is 11.4. The van der Waals surface area contributed by atoms with Gasteiger partial charge in [-0.15, -0.1) is 24.0 Å². The number of fused-ring (bicyclic) bond motifs is 2. The predicted octanol–water partition coefficient (Wildman–Crippen LogP) is 8.49. The molecule has 5 rings (SSSR count). The molecule has 0 bridgehead atoms. The summed E-state index contributed by atoms with van der Waals surface area (Å²) in [5.74, 6) is 0.938. The number of hydrogen-bond acceptors (Lipinski definition) is 5. The van der Waals surface area contributed by atoms with E-state index in [0.717, 1.165) is 87.7 Å². The van der Waals surface area contributed by atoms with Crippen molar-refractivity contribution in [2.45, 2.75) is 58.4 Å². The molecule has 0 aliphatic rings. The molecule has 9 heteroatoms. The Balaban J connectivity index is 0.00000288. The van der Waals surface area contributed by atoms with Crippen LogP contribution in [0.1, 0.15) is 61.5 Å². The third-order valence-electron chi connectivity index (χ3n) is 8.28. The highest BCUT2D eigenvalue weighted by atomic mass is 35.5. The van der Waals surface area contributed by atoms with Gasteiger partial charge in [0.2, 0.25) is 0 Å². The van der Waals surface area contributed by atoms with E-state index in [1.54, 1.807) is 0 Å². The van der Waals surface area contributed by atoms with Crippen molar-refractivity contribution in [1.29, 1.82) is 0 Å². The van der Waals surface area contributed by atoms with Gasteiger partial charge in [-0.05, 0) is 70.1 Å². The van der Waals surface area contributed by atoms with Crippen LogP contribution in [0.2, 0.25) is 0 Å². The molecule has 0 spiro atoms. The number of nitrogens with zero attached hydrogens (tertiary/aromatic N) is 3. The number of aryl methyl sites for hydroxylation is 4. The number of alkyl halides is 1. The topological polar surface area (TPSA) is 70.3 Å². The molecule has 5 aromatic rings. The van der Waals surface area contributed by atoms with E-state index in [9.17, 15) is 4.79 Å². The van der Waals surface area contributed by atoms with Crippen molar-refractivity contribution >= 4 is 51.7 Å². The molecule has 242 valence electrons. The van der Waals surface area contributed by atoms with Crippen LogP contribution in [0.4, 0.5) is 0 Å². The lowest BCUT2D eigenvalue weighted by molar-refractivity contribution is 0.0512. The molecular weight excluding hydrogens is 607 g/mol.